The number of amides is 2. The van der Waals surface area contributed by atoms with Crippen molar-refractivity contribution in [1.29, 1.82) is 0 Å². The largest absolute Gasteiger partial charge is 0.352 e. The Labute approximate surface area is 256 Å². The van der Waals surface area contributed by atoms with Gasteiger partial charge in [0.15, 0.2) is 0 Å². The van der Waals surface area contributed by atoms with Crippen molar-refractivity contribution < 1.29 is 22.9 Å². The van der Waals surface area contributed by atoms with Crippen LogP contribution >= 0.6 is 11.6 Å². The number of halogens is 1. The maximum Gasteiger partial charge on any atom is 0.269 e. The van der Waals surface area contributed by atoms with Gasteiger partial charge in [0, 0.05) is 29.7 Å². The van der Waals surface area contributed by atoms with Crippen LogP contribution in [0.4, 0.5) is 11.4 Å². The highest BCUT2D eigenvalue weighted by atomic mass is 35.5. The zero-order valence-electron chi connectivity index (χ0n) is 23.9. The second kappa shape index (κ2) is 14.5. The number of anilines is 1. The standard InChI is InChI=1S/C31H35ClN4O6S/c1-2-29(31(38)33-24-12-5-3-6-13-24)34(21-23-11-9-10-16-28(23)32)30(37)22-35(25-17-19-26(20-18-25)36(39)40)43(41,42)27-14-7-4-8-15-27/h4,7-11,14-20,24,29H,2-3,5-6,12-13,21-22H2,1H3,(H,33,38)/t29-/m0/s1. The minimum Gasteiger partial charge on any atom is -0.352 e. The van der Waals surface area contributed by atoms with E-state index in [1.54, 1.807) is 49.4 Å². The summed E-state index contributed by atoms with van der Waals surface area (Å²) in [6.07, 6.45) is 5.18. The zero-order chi connectivity index (χ0) is 31.0. The maximum atomic E-state index is 14.2. The van der Waals surface area contributed by atoms with Crippen molar-refractivity contribution in [1.82, 2.24) is 10.2 Å². The van der Waals surface area contributed by atoms with Gasteiger partial charge < -0.3 is 10.2 Å². The van der Waals surface area contributed by atoms with Crippen LogP contribution in [0.3, 0.4) is 0 Å². The van der Waals surface area contributed by atoms with Crippen molar-refractivity contribution >= 4 is 44.8 Å². The second-order valence-electron chi connectivity index (χ2n) is 10.5. The molecule has 1 N–H and O–H groups in total. The first-order valence-corrected chi connectivity index (χ1v) is 16.1. The molecule has 1 aliphatic carbocycles. The molecule has 43 heavy (non-hydrogen) atoms. The van der Waals surface area contributed by atoms with E-state index in [2.05, 4.69) is 5.32 Å². The van der Waals surface area contributed by atoms with Gasteiger partial charge in [-0.2, -0.15) is 0 Å². The molecule has 3 aromatic rings. The van der Waals surface area contributed by atoms with Gasteiger partial charge >= 0.3 is 0 Å². The number of hydrogen-bond acceptors (Lipinski definition) is 6. The summed E-state index contributed by atoms with van der Waals surface area (Å²) in [6.45, 7) is 1.13. The van der Waals surface area contributed by atoms with E-state index in [-0.39, 0.29) is 41.2 Å². The number of nitrogens with zero attached hydrogens (tertiary/aromatic N) is 3. The van der Waals surface area contributed by atoms with E-state index < -0.39 is 33.4 Å². The molecule has 12 heteroatoms. The van der Waals surface area contributed by atoms with Crippen molar-refractivity contribution in [2.24, 2.45) is 0 Å². The van der Waals surface area contributed by atoms with Gasteiger partial charge in [0.1, 0.15) is 12.6 Å². The van der Waals surface area contributed by atoms with Gasteiger partial charge in [0.05, 0.1) is 15.5 Å². The molecule has 4 rings (SSSR count). The average Bonchev–Trinajstić information content (AvgIpc) is 3.01. The smallest absolute Gasteiger partial charge is 0.269 e. The number of nitro groups is 1. The van der Waals surface area contributed by atoms with E-state index in [1.165, 1.54) is 41.3 Å². The van der Waals surface area contributed by atoms with Crippen LogP contribution < -0.4 is 9.62 Å². The Morgan fingerprint density at radius 2 is 1.60 bits per heavy atom. The molecule has 2 amide bonds. The van der Waals surface area contributed by atoms with E-state index in [0.717, 1.165) is 36.4 Å². The summed E-state index contributed by atoms with van der Waals surface area (Å²) in [7, 11) is -4.28. The molecule has 228 valence electrons. The van der Waals surface area contributed by atoms with E-state index >= 15 is 0 Å². The lowest BCUT2D eigenvalue weighted by atomic mass is 9.95. The number of hydrogen-bond donors (Lipinski definition) is 1. The first kappa shape index (κ1) is 32.0. The first-order chi connectivity index (χ1) is 20.6. The van der Waals surface area contributed by atoms with Crippen molar-refractivity contribution in [2.45, 2.75) is 69.0 Å². The van der Waals surface area contributed by atoms with Gasteiger partial charge in [0.25, 0.3) is 15.7 Å². The quantitative estimate of drug-likeness (QED) is 0.203. The lowest BCUT2D eigenvalue weighted by molar-refractivity contribution is -0.384. The molecular weight excluding hydrogens is 592 g/mol. The summed E-state index contributed by atoms with van der Waals surface area (Å²) in [6, 6.07) is 18.7. The van der Waals surface area contributed by atoms with Crippen LogP contribution in [0.15, 0.2) is 83.8 Å². The third-order valence-electron chi connectivity index (χ3n) is 7.59. The second-order valence-corrected chi connectivity index (χ2v) is 12.7. The number of carbonyl (C=O) groups is 2. The van der Waals surface area contributed by atoms with Gasteiger partial charge in [0.2, 0.25) is 11.8 Å². The highest BCUT2D eigenvalue weighted by Crippen LogP contribution is 2.27. The molecule has 1 aliphatic rings. The van der Waals surface area contributed by atoms with Gasteiger partial charge in [-0.3, -0.25) is 24.0 Å². The zero-order valence-corrected chi connectivity index (χ0v) is 25.5. The van der Waals surface area contributed by atoms with Crippen LogP contribution in [0, 0.1) is 10.1 Å². The van der Waals surface area contributed by atoms with Gasteiger partial charge in [-0.1, -0.05) is 74.2 Å². The summed E-state index contributed by atoms with van der Waals surface area (Å²) < 4.78 is 28.7. The summed E-state index contributed by atoms with van der Waals surface area (Å²) in [5, 5.41) is 14.8. The Morgan fingerprint density at radius 1 is 0.977 bits per heavy atom. The summed E-state index contributed by atoms with van der Waals surface area (Å²) in [5.74, 6) is -0.925. The van der Waals surface area contributed by atoms with Crippen LogP contribution in [0.2, 0.25) is 5.02 Å². The van der Waals surface area contributed by atoms with Crippen LogP contribution in [-0.4, -0.2) is 48.7 Å². The Morgan fingerprint density at radius 3 is 2.21 bits per heavy atom. The molecule has 0 aliphatic heterocycles. The van der Waals surface area contributed by atoms with Crippen molar-refractivity contribution in [3.63, 3.8) is 0 Å². The Bertz CT molecular complexity index is 1530. The predicted octanol–water partition coefficient (Wildman–Crippen LogP) is 5.70. The minimum absolute atomic E-state index is 0.0163. The van der Waals surface area contributed by atoms with Crippen molar-refractivity contribution in [3.05, 3.63) is 99.6 Å². The monoisotopic (exact) mass is 626 g/mol. The van der Waals surface area contributed by atoms with E-state index in [9.17, 15) is 28.1 Å². The molecule has 1 atom stereocenters. The lowest BCUT2D eigenvalue weighted by Gasteiger charge is -2.34. The lowest BCUT2D eigenvalue weighted by Crippen LogP contribution is -2.54. The van der Waals surface area contributed by atoms with Crippen LogP contribution in [0.25, 0.3) is 0 Å². The van der Waals surface area contributed by atoms with Crippen molar-refractivity contribution in [2.75, 3.05) is 10.8 Å². The summed E-state index contributed by atoms with van der Waals surface area (Å²) in [4.78, 5) is 39.8. The fraction of sp³-hybridized carbons (Fsp3) is 0.355. The molecule has 0 radical (unpaired) electrons. The molecule has 0 unspecified atom stereocenters. The molecule has 3 aromatic carbocycles. The molecule has 0 spiro atoms. The van der Waals surface area contributed by atoms with Gasteiger partial charge in [-0.15, -0.1) is 0 Å². The molecule has 0 heterocycles. The Hall–Kier alpha value is -3.96. The highest BCUT2D eigenvalue weighted by Gasteiger charge is 2.34. The molecular formula is C31H35ClN4O6S. The molecule has 0 bridgehead atoms. The van der Waals surface area contributed by atoms with Crippen molar-refractivity contribution in [3.8, 4) is 0 Å². The van der Waals surface area contributed by atoms with Gasteiger partial charge in [-0.25, -0.2) is 8.42 Å². The number of carbonyl (C=O) groups excluding carboxylic acids is 2. The normalized spacial score (nSPS) is 14.5. The topological polar surface area (TPSA) is 130 Å². The maximum absolute atomic E-state index is 14.2. The fourth-order valence-electron chi connectivity index (χ4n) is 5.26. The predicted molar refractivity (Wildman–Crippen MR) is 165 cm³/mol. The number of sulfonamides is 1. The number of rotatable bonds is 12. The van der Waals surface area contributed by atoms with E-state index in [0.29, 0.717) is 10.6 Å². The number of benzene rings is 3. The molecule has 1 fully saturated rings. The number of non-ortho nitro benzene ring substituents is 1. The average molecular weight is 627 g/mol. The Kier molecular flexibility index (Phi) is 10.8. The molecule has 10 nitrogen and oxygen atoms in total. The summed E-state index contributed by atoms with van der Waals surface area (Å²) in [5.41, 5.74) is 0.451. The molecule has 1 saturated carbocycles. The van der Waals surface area contributed by atoms with E-state index in [4.69, 9.17) is 11.6 Å². The fourth-order valence-corrected chi connectivity index (χ4v) is 6.89. The van der Waals surface area contributed by atoms with Crippen LogP contribution in [0.5, 0.6) is 0 Å². The summed E-state index contributed by atoms with van der Waals surface area (Å²) >= 11 is 6.45. The number of nitro benzene ring substituents is 1. The van der Waals surface area contributed by atoms with Crippen LogP contribution in [0.1, 0.15) is 51.0 Å². The van der Waals surface area contributed by atoms with Crippen LogP contribution in [-0.2, 0) is 26.2 Å². The van der Waals surface area contributed by atoms with Gasteiger partial charge in [-0.05, 0) is 55.2 Å². The third-order valence-corrected chi connectivity index (χ3v) is 9.75. The Balaban J connectivity index is 1.72. The minimum atomic E-state index is -4.28. The molecule has 0 saturated heterocycles. The SMILES string of the molecule is CC[C@@H](C(=O)NC1CCCCC1)N(Cc1ccccc1Cl)C(=O)CN(c1ccc([N+](=O)[O-])cc1)S(=O)(=O)c1ccccc1. The molecule has 0 aromatic heterocycles. The number of nitrogens with one attached hydrogen (secondary N) is 1. The first-order valence-electron chi connectivity index (χ1n) is 14.3. The van der Waals surface area contributed by atoms with E-state index in [1.807, 2.05) is 0 Å². The third kappa shape index (κ3) is 7.91. The highest BCUT2D eigenvalue weighted by molar-refractivity contribution is 7.92.